The summed E-state index contributed by atoms with van der Waals surface area (Å²) >= 11 is 0. The van der Waals surface area contributed by atoms with Crippen LogP contribution in [0.25, 0.3) is 11.0 Å². The molecule has 0 radical (unpaired) electrons. The average molecular weight is 457 g/mol. The third-order valence-corrected chi connectivity index (χ3v) is 6.09. The highest BCUT2D eigenvalue weighted by atomic mass is 16.5. The summed E-state index contributed by atoms with van der Waals surface area (Å²) in [6, 6.07) is 25.5. The van der Waals surface area contributed by atoms with Crippen LogP contribution in [-0.4, -0.2) is 37.1 Å². The number of para-hydroxylation sites is 2. The average Bonchev–Trinajstić information content (AvgIpc) is 3.27. The van der Waals surface area contributed by atoms with Gasteiger partial charge in [0.25, 0.3) is 5.91 Å². The normalized spacial score (nSPS) is 14.2. The molecule has 2 heterocycles. The Kier molecular flexibility index (Phi) is 6.89. The highest BCUT2D eigenvalue weighted by Crippen LogP contribution is 2.27. The first-order valence-electron chi connectivity index (χ1n) is 11.6. The van der Waals surface area contributed by atoms with E-state index in [2.05, 4.69) is 22.3 Å². The summed E-state index contributed by atoms with van der Waals surface area (Å²) in [5, 5.41) is 3.95. The standard InChI is InChI=1S/C28H28N2O4/c31-28(29-18-21-8-4-5-9-22(21)19-30-14-16-32-17-15-30)27-25(20-33-23-10-2-1-3-11-23)24-12-6-7-13-26(24)34-27/h1-13H,14-20H2,(H,29,31). The first-order chi connectivity index (χ1) is 16.8. The van der Waals surface area contributed by atoms with Crippen LogP contribution in [-0.2, 0) is 24.4 Å². The molecule has 1 amide bonds. The van der Waals surface area contributed by atoms with E-state index in [9.17, 15) is 4.79 Å². The lowest BCUT2D eigenvalue weighted by atomic mass is 10.1. The van der Waals surface area contributed by atoms with Crippen LogP contribution in [0.5, 0.6) is 5.75 Å². The highest BCUT2D eigenvalue weighted by molar-refractivity contribution is 5.99. The summed E-state index contributed by atoms with van der Waals surface area (Å²) in [4.78, 5) is 15.6. The van der Waals surface area contributed by atoms with Gasteiger partial charge in [-0.15, -0.1) is 0 Å². The molecule has 0 aliphatic carbocycles. The first-order valence-corrected chi connectivity index (χ1v) is 11.6. The Morgan fingerprint density at radius 1 is 0.882 bits per heavy atom. The number of nitrogens with zero attached hydrogens (tertiary/aromatic N) is 1. The van der Waals surface area contributed by atoms with E-state index < -0.39 is 0 Å². The summed E-state index contributed by atoms with van der Waals surface area (Å²) in [5.41, 5.74) is 3.73. The minimum Gasteiger partial charge on any atom is -0.489 e. The van der Waals surface area contributed by atoms with E-state index in [1.54, 1.807) is 0 Å². The van der Waals surface area contributed by atoms with Gasteiger partial charge in [0.2, 0.25) is 0 Å². The molecule has 0 spiro atoms. The van der Waals surface area contributed by atoms with Crippen LogP contribution in [0.4, 0.5) is 0 Å². The van der Waals surface area contributed by atoms with Gasteiger partial charge in [0.05, 0.1) is 13.2 Å². The van der Waals surface area contributed by atoms with Gasteiger partial charge in [0.1, 0.15) is 17.9 Å². The number of ether oxygens (including phenoxy) is 2. The van der Waals surface area contributed by atoms with Crippen LogP contribution in [0.1, 0.15) is 27.2 Å². The van der Waals surface area contributed by atoms with Crippen LogP contribution in [0.3, 0.4) is 0 Å². The SMILES string of the molecule is O=C(NCc1ccccc1CN1CCOCC1)c1oc2ccccc2c1COc1ccccc1. The fraction of sp³-hybridized carbons (Fsp3) is 0.250. The third-order valence-electron chi connectivity index (χ3n) is 6.09. The number of benzene rings is 3. The molecule has 6 heteroatoms. The summed E-state index contributed by atoms with van der Waals surface area (Å²) in [6.45, 7) is 4.88. The number of nitrogens with one attached hydrogen (secondary N) is 1. The molecule has 174 valence electrons. The van der Waals surface area contributed by atoms with Gasteiger partial charge >= 0.3 is 0 Å². The van der Waals surface area contributed by atoms with Gasteiger partial charge in [-0.2, -0.15) is 0 Å². The quantitative estimate of drug-likeness (QED) is 0.414. The number of amides is 1. The fourth-order valence-electron chi connectivity index (χ4n) is 4.24. The van der Waals surface area contributed by atoms with E-state index in [1.165, 1.54) is 5.56 Å². The number of carbonyl (C=O) groups is 1. The molecule has 0 atom stereocenters. The summed E-state index contributed by atoms with van der Waals surface area (Å²) < 4.78 is 17.4. The van der Waals surface area contributed by atoms with Gasteiger partial charge in [-0.05, 0) is 29.3 Å². The smallest absolute Gasteiger partial charge is 0.287 e. The summed E-state index contributed by atoms with van der Waals surface area (Å²) in [5.74, 6) is 0.794. The molecule has 1 aliphatic rings. The van der Waals surface area contributed by atoms with Gasteiger partial charge in [-0.3, -0.25) is 9.69 Å². The van der Waals surface area contributed by atoms with Crippen molar-refractivity contribution in [1.29, 1.82) is 0 Å². The van der Waals surface area contributed by atoms with Crippen molar-refractivity contribution >= 4 is 16.9 Å². The van der Waals surface area contributed by atoms with Crippen LogP contribution in [0.15, 0.2) is 83.3 Å². The lowest BCUT2D eigenvalue weighted by molar-refractivity contribution is 0.0340. The number of fused-ring (bicyclic) bond motifs is 1. The molecular formula is C28H28N2O4. The molecular weight excluding hydrogens is 428 g/mol. The molecule has 1 fully saturated rings. The van der Waals surface area contributed by atoms with E-state index >= 15 is 0 Å². The lowest BCUT2D eigenvalue weighted by Gasteiger charge is -2.27. The highest BCUT2D eigenvalue weighted by Gasteiger charge is 2.21. The minimum atomic E-state index is -0.246. The molecule has 3 aromatic carbocycles. The van der Waals surface area contributed by atoms with Gasteiger partial charge in [-0.25, -0.2) is 0 Å². The van der Waals surface area contributed by atoms with E-state index in [1.807, 2.05) is 66.7 Å². The van der Waals surface area contributed by atoms with Crippen molar-refractivity contribution in [3.05, 3.63) is 101 Å². The Morgan fingerprint density at radius 2 is 1.59 bits per heavy atom. The predicted octanol–water partition coefficient (Wildman–Crippen LogP) is 4.77. The van der Waals surface area contributed by atoms with E-state index in [4.69, 9.17) is 13.9 Å². The Bertz CT molecular complexity index is 1250. The largest absolute Gasteiger partial charge is 0.489 e. The van der Waals surface area contributed by atoms with Crippen LogP contribution < -0.4 is 10.1 Å². The van der Waals surface area contributed by atoms with Crippen molar-refractivity contribution < 1.29 is 18.7 Å². The molecule has 1 aliphatic heterocycles. The van der Waals surface area contributed by atoms with Crippen molar-refractivity contribution in [3.8, 4) is 5.75 Å². The molecule has 34 heavy (non-hydrogen) atoms. The van der Waals surface area contributed by atoms with Crippen LogP contribution >= 0.6 is 0 Å². The van der Waals surface area contributed by atoms with Gasteiger partial charge < -0.3 is 19.2 Å². The molecule has 4 aromatic rings. The Balaban J connectivity index is 1.32. The minimum absolute atomic E-state index is 0.246. The zero-order valence-corrected chi connectivity index (χ0v) is 19.0. The fourth-order valence-corrected chi connectivity index (χ4v) is 4.24. The van der Waals surface area contributed by atoms with Crippen LogP contribution in [0.2, 0.25) is 0 Å². The molecule has 1 saturated heterocycles. The molecule has 5 rings (SSSR count). The summed E-state index contributed by atoms with van der Waals surface area (Å²) in [6.07, 6.45) is 0. The Hall–Kier alpha value is -3.61. The number of morpholine rings is 1. The molecule has 6 nitrogen and oxygen atoms in total. The van der Waals surface area contributed by atoms with E-state index in [0.29, 0.717) is 17.9 Å². The molecule has 0 saturated carbocycles. The molecule has 0 bridgehead atoms. The molecule has 0 unspecified atom stereocenters. The Morgan fingerprint density at radius 3 is 2.41 bits per heavy atom. The first kappa shape index (κ1) is 22.2. The zero-order valence-electron chi connectivity index (χ0n) is 19.0. The zero-order chi connectivity index (χ0) is 23.2. The van der Waals surface area contributed by atoms with E-state index in [0.717, 1.165) is 55.1 Å². The number of rotatable bonds is 8. The van der Waals surface area contributed by atoms with Crippen molar-refractivity contribution in [2.75, 3.05) is 26.3 Å². The second-order valence-corrected chi connectivity index (χ2v) is 8.35. The van der Waals surface area contributed by atoms with Gasteiger partial charge in [0, 0.05) is 37.1 Å². The topological polar surface area (TPSA) is 63.9 Å². The number of carbonyl (C=O) groups excluding carboxylic acids is 1. The van der Waals surface area contributed by atoms with Crippen molar-refractivity contribution in [3.63, 3.8) is 0 Å². The Labute approximate surface area is 199 Å². The second kappa shape index (κ2) is 10.5. The maximum absolute atomic E-state index is 13.2. The lowest BCUT2D eigenvalue weighted by Crippen LogP contribution is -2.36. The number of hydrogen-bond donors (Lipinski definition) is 1. The monoisotopic (exact) mass is 456 g/mol. The molecule has 1 N–H and O–H groups in total. The van der Waals surface area contributed by atoms with Crippen molar-refractivity contribution in [1.82, 2.24) is 10.2 Å². The number of furan rings is 1. The molecule has 1 aromatic heterocycles. The van der Waals surface area contributed by atoms with Gasteiger partial charge in [0.15, 0.2) is 5.76 Å². The maximum Gasteiger partial charge on any atom is 0.287 e. The maximum atomic E-state index is 13.2. The van der Waals surface area contributed by atoms with Crippen molar-refractivity contribution in [2.24, 2.45) is 0 Å². The van der Waals surface area contributed by atoms with Gasteiger partial charge in [-0.1, -0.05) is 60.7 Å². The van der Waals surface area contributed by atoms with Crippen LogP contribution in [0, 0.1) is 0 Å². The third kappa shape index (κ3) is 5.14. The summed E-state index contributed by atoms with van der Waals surface area (Å²) in [7, 11) is 0. The second-order valence-electron chi connectivity index (χ2n) is 8.35. The van der Waals surface area contributed by atoms with Crippen molar-refractivity contribution in [2.45, 2.75) is 19.7 Å². The number of hydrogen-bond acceptors (Lipinski definition) is 5. The van der Waals surface area contributed by atoms with E-state index in [-0.39, 0.29) is 12.5 Å². The predicted molar refractivity (Wildman–Crippen MR) is 131 cm³/mol.